The van der Waals surface area contributed by atoms with Crippen molar-refractivity contribution in [3.63, 3.8) is 0 Å². The van der Waals surface area contributed by atoms with Gasteiger partial charge in [-0.05, 0) is 42.8 Å². The molecule has 0 aliphatic rings. The summed E-state index contributed by atoms with van der Waals surface area (Å²) in [6, 6.07) is 19.1. The van der Waals surface area contributed by atoms with Crippen LogP contribution in [0.15, 0.2) is 77.7 Å². The van der Waals surface area contributed by atoms with Crippen LogP contribution in [0.3, 0.4) is 0 Å². The standard InChI is InChI=1S/C26H29N3O6S/c1-4-16-27-26(31)21-12-8-9-13-22(21)28-25(30)18-29(19-10-6-5-7-11-19)36(32,33)20-14-15-23(34-2)24(17-20)35-3/h5-15,17H,4,16,18H2,1-3H3,(H,27,31)(H,28,30). The fraction of sp³-hybridized carbons (Fsp3) is 0.231. The van der Waals surface area contributed by atoms with Crippen molar-refractivity contribution in [2.75, 3.05) is 36.9 Å². The molecule has 3 rings (SSSR count). The molecule has 0 spiro atoms. The summed E-state index contributed by atoms with van der Waals surface area (Å²) < 4.78 is 38.8. The van der Waals surface area contributed by atoms with Gasteiger partial charge in [-0.25, -0.2) is 8.42 Å². The maximum Gasteiger partial charge on any atom is 0.264 e. The average Bonchev–Trinajstić information content (AvgIpc) is 2.90. The molecular formula is C26H29N3O6S. The van der Waals surface area contributed by atoms with Crippen molar-refractivity contribution in [3.8, 4) is 11.5 Å². The first kappa shape index (κ1) is 26.6. The van der Waals surface area contributed by atoms with Crippen LogP contribution in [0.25, 0.3) is 0 Å². The van der Waals surface area contributed by atoms with Crippen molar-refractivity contribution in [1.82, 2.24) is 5.32 Å². The number of hydrogen-bond acceptors (Lipinski definition) is 6. The fourth-order valence-corrected chi connectivity index (χ4v) is 4.89. The van der Waals surface area contributed by atoms with Crippen LogP contribution in [0.2, 0.25) is 0 Å². The van der Waals surface area contributed by atoms with E-state index in [0.717, 1.165) is 10.7 Å². The van der Waals surface area contributed by atoms with Gasteiger partial charge in [0.2, 0.25) is 5.91 Å². The lowest BCUT2D eigenvalue weighted by molar-refractivity contribution is -0.114. The van der Waals surface area contributed by atoms with Crippen molar-refractivity contribution in [3.05, 3.63) is 78.4 Å². The van der Waals surface area contributed by atoms with E-state index in [1.807, 2.05) is 6.92 Å². The Balaban J connectivity index is 1.93. The molecule has 0 unspecified atom stereocenters. The lowest BCUT2D eigenvalue weighted by Gasteiger charge is -2.24. The first-order chi connectivity index (χ1) is 17.3. The molecule has 36 heavy (non-hydrogen) atoms. The highest BCUT2D eigenvalue weighted by molar-refractivity contribution is 7.92. The van der Waals surface area contributed by atoms with Gasteiger partial charge in [0.25, 0.3) is 15.9 Å². The molecule has 0 fully saturated rings. The minimum Gasteiger partial charge on any atom is -0.493 e. The number of ether oxygens (including phenoxy) is 2. The van der Waals surface area contributed by atoms with E-state index in [9.17, 15) is 18.0 Å². The van der Waals surface area contributed by atoms with Crippen LogP contribution in [0, 0.1) is 0 Å². The molecule has 0 aromatic heterocycles. The predicted octanol–water partition coefficient (Wildman–Crippen LogP) is 3.68. The van der Waals surface area contributed by atoms with E-state index in [2.05, 4.69) is 10.6 Å². The number of hydrogen-bond donors (Lipinski definition) is 2. The number of nitrogens with zero attached hydrogens (tertiary/aromatic N) is 1. The van der Waals surface area contributed by atoms with E-state index in [1.54, 1.807) is 54.6 Å². The molecule has 0 saturated heterocycles. The Morgan fingerprint density at radius 2 is 1.56 bits per heavy atom. The molecule has 3 aromatic carbocycles. The average molecular weight is 512 g/mol. The second-order valence-corrected chi connectivity index (χ2v) is 9.58. The van der Waals surface area contributed by atoms with Gasteiger partial charge in [-0.2, -0.15) is 0 Å². The van der Waals surface area contributed by atoms with Crippen molar-refractivity contribution in [2.24, 2.45) is 0 Å². The number of carbonyl (C=O) groups excluding carboxylic acids is 2. The summed E-state index contributed by atoms with van der Waals surface area (Å²) in [5.74, 6) is -0.328. The third-order valence-electron chi connectivity index (χ3n) is 5.26. The fourth-order valence-electron chi connectivity index (χ4n) is 3.46. The Morgan fingerprint density at radius 3 is 2.22 bits per heavy atom. The monoisotopic (exact) mass is 511 g/mol. The molecule has 10 heteroatoms. The Hall–Kier alpha value is -4.05. The van der Waals surface area contributed by atoms with Crippen LogP contribution in [-0.2, 0) is 14.8 Å². The van der Waals surface area contributed by atoms with Gasteiger partial charge in [-0.15, -0.1) is 0 Å². The highest BCUT2D eigenvalue weighted by atomic mass is 32.2. The number of rotatable bonds is 11. The van der Waals surface area contributed by atoms with Gasteiger partial charge in [0.05, 0.1) is 36.1 Å². The highest BCUT2D eigenvalue weighted by Gasteiger charge is 2.28. The van der Waals surface area contributed by atoms with E-state index in [1.165, 1.54) is 32.4 Å². The summed E-state index contributed by atoms with van der Waals surface area (Å²) in [5, 5.41) is 5.46. The second kappa shape index (κ2) is 12.1. The molecule has 190 valence electrons. The van der Waals surface area contributed by atoms with Crippen LogP contribution >= 0.6 is 0 Å². The molecule has 2 amide bonds. The molecule has 0 saturated carbocycles. The Bertz CT molecular complexity index is 1310. The van der Waals surface area contributed by atoms with E-state index in [4.69, 9.17) is 9.47 Å². The summed E-state index contributed by atoms with van der Waals surface area (Å²) in [7, 11) is -1.32. The Kier molecular flexibility index (Phi) is 8.91. The lowest BCUT2D eigenvalue weighted by Crippen LogP contribution is -2.38. The third kappa shape index (κ3) is 6.14. The molecule has 9 nitrogen and oxygen atoms in total. The summed E-state index contributed by atoms with van der Waals surface area (Å²) in [4.78, 5) is 25.5. The van der Waals surface area contributed by atoms with Crippen LogP contribution in [0.5, 0.6) is 11.5 Å². The number of sulfonamides is 1. The number of benzene rings is 3. The topological polar surface area (TPSA) is 114 Å². The van der Waals surface area contributed by atoms with Gasteiger partial charge in [0, 0.05) is 12.6 Å². The Labute approximate surface area is 211 Å². The number of amides is 2. The minimum atomic E-state index is -4.18. The molecule has 0 aliphatic heterocycles. The van der Waals surface area contributed by atoms with E-state index >= 15 is 0 Å². The van der Waals surface area contributed by atoms with Gasteiger partial charge in [-0.3, -0.25) is 13.9 Å². The molecule has 2 N–H and O–H groups in total. The largest absolute Gasteiger partial charge is 0.493 e. The van der Waals surface area contributed by atoms with Gasteiger partial charge in [0.15, 0.2) is 11.5 Å². The normalized spacial score (nSPS) is 10.9. The summed E-state index contributed by atoms with van der Waals surface area (Å²) in [6.07, 6.45) is 0.764. The van der Waals surface area contributed by atoms with Crippen molar-refractivity contribution in [1.29, 1.82) is 0 Å². The highest BCUT2D eigenvalue weighted by Crippen LogP contribution is 2.32. The molecule has 0 atom stereocenters. The SMILES string of the molecule is CCCNC(=O)c1ccccc1NC(=O)CN(c1ccccc1)S(=O)(=O)c1ccc(OC)c(OC)c1. The number of para-hydroxylation sites is 2. The summed E-state index contributed by atoms with van der Waals surface area (Å²) in [6.45, 7) is 1.91. The molecule has 0 bridgehead atoms. The maximum atomic E-state index is 13.7. The smallest absolute Gasteiger partial charge is 0.264 e. The number of methoxy groups -OCH3 is 2. The first-order valence-electron chi connectivity index (χ1n) is 11.3. The Morgan fingerprint density at radius 1 is 0.889 bits per heavy atom. The van der Waals surface area contributed by atoms with Gasteiger partial charge in [0.1, 0.15) is 6.54 Å². The zero-order valence-electron chi connectivity index (χ0n) is 20.4. The number of carbonyl (C=O) groups is 2. The summed E-state index contributed by atoms with van der Waals surface area (Å²) >= 11 is 0. The lowest BCUT2D eigenvalue weighted by atomic mass is 10.1. The van der Waals surface area contributed by atoms with Crippen molar-refractivity contribution < 1.29 is 27.5 Å². The van der Waals surface area contributed by atoms with Gasteiger partial charge < -0.3 is 20.1 Å². The molecule has 3 aromatic rings. The van der Waals surface area contributed by atoms with E-state index in [0.29, 0.717) is 18.0 Å². The van der Waals surface area contributed by atoms with E-state index < -0.39 is 22.5 Å². The molecule has 0 heterocycles. The first-order valence-corrected chi connectivity index (χ1v) is 12.7. The zero-order valence-corrected chi connectivity index (χ0v) is 21.2. The number of anilines is 2. The van der Waals surface area contributed by atoms with Crippen LogP contribution < -0.4 is 24.4 Å². The van der Waals surface area contributed by atoms with Crippen LogP contribution in [-0.4, -0.2) is 47.5 Å². The van der Waals surface area contributed by atoms with Crippen molar-refractivity contribution >= 4 is 33.2 Å². The number of nitrogens with one attached hydrogen (secondary N) is 2. The molecular weight excluding hydrogens is 482 g/mol. The van der Waals surface area contributed by atoms with Crippen LogP contribution in [0.1, 0.15) is 23.7 Å². The maximum absolute atomic E-state index is 13.7. The second-order valence-electron chi connectivity index (χ2n) is 7.71. The van der Waals surface area contributed by atoms with Gasteiger partial charge >= 0.3 is 0 Å². The quantitative estimate of drug-likeness (QED) is 0.406. The van der Waals surface area contributed by atoms with Crippen LogP contribution in [0.4, 0.5) is 11.4 Å². The predicted molar refractivity (Wildman–Crippen MR) is 138 cm³/mol. The van der Waals surface area contributed by atoms with Crippen molar-refractivity contribution in [2.45, 2.75) is 18.2 Å². The molecule has 0 radical (unpaired) electrons. The zero-order chi connectivity index (χ0) is 26.1. The van der Waals surface area contributed by atoms with E-state index in [-0.39, 0.29) is 27.8 Å². The third-order valence-corrected chi connectivity index (χ3v) is 7.03. The molecule has 0 aliphatic carbocycles. The van der Waals surface area contributed by atoms with Gasteiger partial charge in [-0.1, -0.05) is 37.3 Å². The minimum absolute atomic E-state index is 0.0730. The summed E-state index contributed by atoms with van der Waals surface area (Å²) in [5.41, 5.74) is 0.873.